The highest BCUT2D eigenvalue weighted by atomic mass is 16.6. The monoisotopic (exact) mass is 289 g/mol. The van der Waals surface area contributed by atoms with Crippen molar-refractivity contribution in [2.45, 2.75) is 52.2 Å². The average Bonchev–Trinajstić information content (AvgIpc) is 2.56. The van der Waals surface area contributed by atoms with E-state index in [-0.39, 0.29) is 11.9 Å². The van der Waals surface area contributed by atoms with Crippen LogP contribution >= 0.6 is 0 Å². The van der Waals surface area contributed by atoms with Gasteiger partial charge in [-0.2, -0.15) is 0 Å². The fraction of sp³-hybridized carbons (Fsp3) is 0.529. The molecule has 1 aliphatic rings. The summed E-state index contributed by atoms with van der Waals surface area (Å²) >= 11 is 0. The molecule has 2 rings (SSSR count). The summed E-state index contributed by atoms with van der Waals surface area (Å²) in [5.41, 5.74) is 1.21. The zero-order valence-electron chi connectivity index (χ0n) is 13.2. The van der Waals surface area contributed by atoms with E-state index in [1.54, 1.807) is 11.8 Å². The minimum Gasteiger partial charge on any atom is -0.458 e. The normalized spacial score (nSPS) is 17.0. The van der Waals surface area contributed by atoms with Crippen LogP contribution in [0.2, 0.25) is 0 Å². The molecule has 1 aliphatic heterocycles. The Balaban J connectivity index is 2.20. The van der Waals surface area contributed by atoms with Gasteiger partial charge in [-0.3, -0.25) is 4.79 Å². The number of esters is 1. The maximum Gasteiger partial charge on any atom is 0.329 e. The van der Waals surface area contributed by atoms with Gasteiger partial charge in [-0.15, -0.1) is 0 Å². The van der Waals surface area contributed by atoms with Crippen molar-refractivity contribution in [3.05, 3.63) is 35.4 Å². The minimum absolute atomic E-state index is 0.0820. The second-order valence-corrected chi connectivity index (χ2v) is 6.47. The van der Waals surface area contributed by atoms with Crippen LogP contribution in [-0.4, -0.2) is 35.0 Å². The average molecular weight is 289 g/mol. The predicted molar refractivity (Wildman–Crippen MR) is 81.1 cm³/mol. The third-order valence-corrected chi connectivity index (χ3v) is 3.57. The Morgan fingerprint density at radius 3 is 2.62 bits per heavy atom. The molecule has 1 unspecified atom stereocenters. The number of benzene rings is 1. The largest absolute Gasteiger partial charge is 0.458 e. The summed E-state index contributed by atoms with van der Waals surface area (Å²) in [5.74, 6) is -0.434. The lowest BCUT2D eigenvalue weighted by atomic mass is 10.0. The standard InChI is InChI=1S/C17H23NO3/c1-12(16(20)21-17(2,3)4)18-11-7-9-13-8-5-6-10-14(13)15(18)19/h5-6,8,10,12H,7,9,11H2,1-4H3. The highest BCUT2D eigenvalue weighted by Gasteiger charge is 2.32. The first-order valence-corrected chi connectivity index (χ1v) is 7.41. The third-order valence-electron chi connectivity index (χ3n) is 3.57. The Morgan fingerprint density at radius 1 is 1.29 bits per heavy atom. The highest BCUT2D eigenvalue weighted by molar-refractivity contribution is 5.98. The van der Waals surface area contributed by atoms with E-state index < -0.39 is 11.6 Å². The van der Waals surface area contributed by atoms with Crippen LogP contribution in [0.25, 0.3) is 0 Å². The van der Waals surface area contributed by atoms with E-state index in [0.717, 1.165) is 18.4 Å². The second kappa shape index (κ2) is 5.88. The van der Waals surface area contributed by atoms with Crippen LogP contribution in [0.4, 0.5) is 0 Å². The number of hydrogen-bond acceptors (Lipinski definition) is 3. The van der Waals surface area contributed by atoms with Gasteiger partial charge >= 0.3 is 5.97 Å². The topological polar surface area (TPSA) is 46.6 Å². The number of rotatable bonds is 2. The molecule has 0 radical (unpaired) electrons. The molecule has 1 amide bonds. The smallest absolute Gasteiger partial charge is 0.329 e. The number of nitrogens with zero attached hydrogens (tertiary/aromatic N) is 1. The summed E-state index contributed by atoms with van der Waals surface area (Å²) in [6.45, 7) is 7.80. The van der Waals surface area contributed by atoms with Crippen LogP contribution in [-0.2, 0) is 16.0 Å². The Labute approximate surface area is 126 Å². The van der Waals surface area contributed by atoms with Crippen molar-refractivity contribution in [3.8, 4) is 0 Å². The molecule has 114 valence electrons. The molecule has 0 aromatic heterocycles. The molecule has 1 aromatic rings. The summed E-state index contributed by atoms with van der Waals surface area (Å²) < 4.78 is 5.40. The van der Waals surface area contributed by atoms with Crippen LogP contribution in [0.5, 0.6) is 0 Å². The van der Waals surface area contributed by atoms with Crippen molar-refractivity contribution in [2.75, 3.05) is 6.54 Å². The fourth-order valence-electron chi connectivity index (χ4n) is 2.53. The van der Waals surface area contributed by atoms with Crippen LogP contribution in [0.15, 0.2) is 24.3 Å². The minimum atomic E-state index is -0.567. The lowest BCUT2D eigenvalue weighted by molar-refractivity contribution is -0.159. The van der Waals surface area contributed by atoms with Gasteiger partial charge in [0.15, 0.2) is 0 Å². The van der Waals surface area contributed by atoms with E-state index in [4.69, 9.17) is 4.74 Å². The Hall–Kier alpha value is -1.84. The summed E-state index contributed by atoms with van der Waals surface area (Å²) in [4.78, 5) is 26.5. The van der Waals surface area contributed by atoms with Crippen LogP contribution in [0.3, 0.4) is 0 Å². The van der Waals surface area contributed by atoms with Gasteiger partial charge in [-0.05, 0) is 52.2 Å². The van der Waals surface area contributed by atoms with Crippen molar-refractivity contribution < 1.29 is 14.3 Å². The zero-order chi connectivity index (χ0) is 15.6. The van der Waals surface area contributed by atoms with Gasteiger partial charge in [0.2, 0.25) is 0 Å². The van der Waals surface area contributed by atoms with E-state index in [1.807, 2.05) is 45.0 Å². The SMILES string of the molecule is CC(C(=O)OC(C)(C)C)N1CCCc2ccccc2C1=O. The molecule has 4 nitrogen and oxygen atoms in total. The molecule has 21 heavy (non-hydrogen) atoms. The van der Waals surface area contributed by atoms with Crippen LogP contribution in [0.1, 0.15) is 50.0 Å². The molecule has 0 saturated carbocycles. The zero-order valence-corrected chi connectivity index (χ0v) is 13.2. The molecule has 1 aromatic carbocycles. The molecule has 0 spiro atoms. The number of carbonyl (C=O) groups excluding carboxylic acids is 2. The summed E-state index contributed by atoms with van der Waals surface area (Å²) in [7, 11) is 0. The first kappa shape index (κ1) is 15.5. The van der Waals surface area contributed by atoms with Gasteiger partial charge in [-0.25, -0.2) is 4.79 Å². The second-order valence-electron chi connectivity index (χ2n) is 6.47. The Kier molecular flexibility index (Phi) is 4.35. The molecule has 0 aliphatic carbocycles. The summed E-state index contributed by atoms with van der Waals surface area (Å²) in [6, 6.07) is 7.05. The predicted octanol–water partition coefficient (Wildman–Crippen LogP) is 2.81. The van der Waals surface area contributed by atoms with Crippen molar-refractivity contribution in [1.82, 2.24) is 4.90 Å². The molecule has 0 bridgehead atoms. The van der Waals surface area contributed by atoms with Crippen molar-refractivity contribution >= 4 is 11.9 Å². The number of hydrogen-bond donors (Lipinski definition) is 0. The fourth-order valence-corrected chi connectivity index (χ4v) is 2.53. The number of amides is 1. The Morgan fingerprint density at radius 2 is 1.95 bits per heavy atom. The van der Waals surface area contributed by atoms with E-state index in [2.05, 4.69) is 0 Å². The van der Waals surface area contributed by atoms with E-state index in [1.165, 1.54) is 0 Å². The maximum absolute atomic E-state index is 12.7. The van der Waals surface area contributed by atoms with Gasteiger partial charge in [0.05, 0.1) is 0 Å². The van der Waals surface area contributed by atoms with Crippen molar-refractivity contribution in [3.63, 3.8) is 0 Å². The van der Waals surface area contributed by atoms with E-state index in [0.29, 0.717) is 12.1 Å². The Bertz CT molecular complexity index is 545. The summed E-state index contributed by atoms with van der Waals surface area (Å²) in [5, 5.41) is 0. The van der Waals surface area contributed by atoms with Gasteiger partial charge < -0.3 is 9.64 Å². The maximum atomic E-state index is 12.7. The van der Waals surface area contributed by atoms with Crippen molar-refractivity contribution in [1.29, 1.82) is 0 Å². The van der Waals surface area contributed by atoms with E-state index >= 15 is 0 Å². The van der Waals surface area contributed by atoms with Gasteiger partial charge in [0.1, 0.15) is 11.6 Å². The lowest BCUT2D eigenvalue weighted by Crippen LogP contribution is -2.45. The molecular formula is C17H23NO3. The number of fused-ring (bicyclic) bond motifs is 1. The molecular weight excluding hydrogens is 266 g/mol. The molecule has 1 heterocycles. The molecule has 0 fully saturated rings. The van der Waals surface area contributed by atoms with Crippen molar-refractivity contribution in [2.24, 2.45) is 0 Å². The third kappa shape index (κ3) is 3.63. The van der Waals surface area contributed by atoms with Gasteiger partial charge in [-0.1, -0.05) is 18.2 Å². The molecule has 1 atom stereocenters. The summed E-state index contributed by atoms with van der Waals surface area (Å²) in [6.07, 6.45) is 1.72. The number of aryl methyl sites for hydroxylation is 1. The van der Waals surface area contributed by atoms with Crippen LogP contribution < -0.4 is 0 Å². The number of ether oxygens (including phenoxy) is 1. The van der Waals surface area contributed by atoms with Gasteiger partial charge in [0.25, 0.3) is 5.91 Å². The molecule has 4 heteroatoms. The lowest BCUT2D eigenvalue weighted by Gasteiger charge is -2.29. The number of carbonyl (C=O) groups is 2. The van der Waals surface area contributed by atoms with Gasteiger partial charge in [0, 0.05) is 12.1 Å². The molecule has 0 N–H and O–H groups in total. The quantitative estimate of drug-likeness (QED) is 0.787. The van der Waals surface area contributed by atoms with Crippen LogP contribution in [0, 0.1) is 0 Å². The first-order chi connectivity index (χ1) is 9.79. The first-order valence-electron chi connectivity index (χ1n) is 7.41. The van der Waals surface area contributed by atoms with E-state index in [9.17, 15) is 9.59 Å². The molecule has 0 saturated heterocycles. The highest BCUT2D eigenvalue weighted by Crippen LogP contribution is 2.21.